The summed E-state index contributed by atoms with van der Waals surface area (Å²) in [5.41, 5.74) is 3.02. The van der Waals surface area contributed by atoms with Gasteiger partial charge in [0.1, 0.15) is 0 Å². The minimum absolute atomic E-state index is 0.117. The first kappa shape index (κ1) is 18.8. The summed E-state index contributed by atoms with van der Waals surface area (Å²) in [5.74, 6) is -0.294. The monoisotopic (exact) mass is 380 g/mol. The second kappa shape index (κ2) is 8.16. The van der Waals surface area contributed by atoms with Crippen molar-refractivity contribution < 1.29 is 13.2 Å². The molecule has 2 N–H and O–H groups in total. The summed E-state index contributed by atoms with van der Waals surface area (Å²) >= 11 is 0. The summed E-state index contributed by atoms with van der Waals surface area (Å²) in [6.45, 7) is 2.16. The van der Waals surface area contributed by atoms with Crippen LogP contribution in [0.3, 0.4) is 0 Å². The number of aryl methyl sites for hydroxylation is 1. The fourth-order valence-electron chi connectivity index (χ4n) is 2.59. The summed E-state index contributed by atoms with van der Waals surface area (Å²) in [4.78, 5) is 12.4. The number of para-hydroxylation sites is 1. The third kappa shape index (κ3) is 5.03. The number of hydrogen-bond acceptors (Lipinski definition) is 3. The maximum absolute atomic E-state index is 12.5. The molecule has 0 unspecified atom stereocenters. The molecule has 6 heteroatoms. The summed E-state index contributed by atoms with van der Waals surface area (Å²) < 4.78 is 27.5. The van der Waals surface area contributed by atoms with E-state index in [9.17, 15) is 13.2 Å². The average Bonchev–Trinajstić information content (AvgIpc) is 2.67. The van der Waals surface area contributed by atoms with E-state index in [4.69, 9.17) is 0 Å². The first-order valence-electron chi connectivity index (χ1n) is 8.46. The summed E-state index contributed by atoms with van der Waals surface area (Å²) in [7, 11) is -3.65. The molecular formula is C21H20N2O3S. The standard InChI is InChI=1S/C21H20N2O3S/c1-16-6-5-7-17(14-16)15-22-27(25,26)20-12-10-18(11-13-20)21(24)23-19-8-3-2-4-9-19/h2-14,22H,15H2,1H3,(H,23,24). The van der Waals surface area contributed by atoms with E-state index in [0.717, 1.165) is 11.1 Å². The second-order valence-electron chi connectivity index (χ2n) is 6.16. The number of benzene rings is 3. The molecule has 0 bridgehead atoms. The van der Waals surface area contributed by atoms with Crippen molar-refractivity contribution in [1.29, 1.82) is 0 Å². The molecule has 0 spiro atoms. The van der Waals surface area contributed by atoms with Crippen LogP contribution in [0.5, 0.6) is 0 Å². The van der Waals surface area contributed by atoms with Crippen molar-refractivity contribution in [2.24, 2.45) is 0 Å². The van der Waals surface area contributed by atoms with Crippen LogP contribution in [0.25, 0.3) is 0 Å². The Morgan fingerprint density at radius 3 is 2.26 bits per heavy atom. The Morgan fingerprint density at radius 2 is 1.59 bits per heavy atom. The number of hydrogen-bond donors (Lipinski definition) is 2. The highest BCUT2D eigenvalue weighted by Gasteiger charge is 2.15. The van der Waals surface area contributed by atoms with E-state index in [1.165, 1.54) is 24.3 Å². The van der Waals surface area contributed by atoms with Gasteiger partial charge in [0, 0.05) is 17.8 Å². The number of anilines is 1. The number of amides is 1. The Hall–Kier alpha value is -2.96. The van der Waals surface area contributed by atoms with Gasteiger partial charge in [-0.3, -0.25) is 4.79 Å². The van der Waals surface area contributed by atoms with Gasteiger partial charge in [-0.05, 0) is 48.9 Å². The van der Waals surface area contributed by atoms with Gasteiger partial charge in [0.25, 0.3) is 5.91 Å². The third-order valence-electron chi connectivity index (χ3n) is 4.01. The first-order chi connectivity index (χ1) is 12.9. The zero-order valence-corrected chi connectivity index (χ0v) is 15.7. The highest BCUT2D eigenvalue weighted by molar-refractivity contribution is 7.89. The number of carbonyl (C=O) groups excluding carboxylic acids is 1. The highest BCUT2D eigenvalue weighted by atomic mass is 32.2. The highest BCUT2D eigenvalue weighted by Crippen LogP contribution is 2.14. The molecule has 0 saturated heterocycles. The first-order valence-corrected chi connectivity index (χ1v) is 9.94. The smallest absolute Gasteiger partial charge is 0.255 e. The van der Waals surface area contributed by atoms with E-state index >= 15 is 0 Å². The van der Waals surface area contributed by atoms with Crippen molar-refractivity contribution in [3.63, 3.8) is 0 Å². The van der Waals surface area contributed by atoms with Gasteiger partial charge >= 0.3 is 0 Å². The van der Waals surface area contributed by atoms with Gasteiger partial charge in [-0.2, -0.15) is 0 Å². The summed E-state index contributed by atoms with van der Waals surface area (Å²) in [6.07, 6.45) is 0. The number of sulfonamides is 1. The van der Waals surface area contributed by atoms with Crippen LogP contribution in [-0.2, 0) is 16.6 Å². The third-order valence-corrected chi connectivity index (χ3v) is 5.42. The minimum Gasteiger partial charge on any atom is -0.322 e. The summed E-state index contributed by atoms with van der Waals surface area (Å²) in [6, 6.07) is 22.6. The molecule has 0 aliphatic rings. The Bertz CT molecular complexity index is 1030. The molecule has 0 saturated carbocycles. The molecule has 3 aromatic carbocycles. The molecule has 3 rings (SSSR count). The molecule has 0 atom stereocenters. The lowest BCUT2D eigenvalue weighted by Crippen LogP contribution is -2.23. The SMILES string of the molecule is Cc1cccc(CNS(=O)(=O)c2ccc(C(=O)Nc3ccccc3)cc2)c1. The van der Waals surface area contributed by atoms with E-state index in [1.54, 1.807) is 12.1 Å². The molecular weight excluding hydrogens is 360 g/mol. The predicted molar refractivity (Wildman–Crippen MR) is 106 cm³/mol. The van der Waals surface area contributed by atoms with Crippen LogP contribution in [0, 0.1) is 6.92 Å². The van der Waals surface area contributed by atoms with E-state index in [-0.39, 0.29) is 17.3 Å². The van der Waals surface area contributed by atoms with Gasteiger partial charge in [0.15, 0.2) is 0 Å². The van der Waals surface area contributed by atoms with Crippen molar-refractivity contribution >= 4 is 21.6 Å². The number of nitrogens with one attached hydrogen (secondary N) is 2. The molecule has 0 aliphatic heterocycles. The molecule has 0 heterocycles. The maximum Gasteiger partial charge on any atom is 0.255 e. The van der Waals surface area contributed by atoms with Gasteiger partial charge in [0.05, 0.1) is 4.90 Å². The van der Waals surface area contributed by atoms with Gasteiger partial charge < -0.3 is 5.32 Å². The van der Waals surface area contributed by atoms with Gasteiger partial charge in [-0.1, -0.05) is 48.0 Å². The quantitative estimate of drug-likeness (QED) is 0.684. The fourth-order valence-corrected chi connectivity index (χ4v) is 3.61. The second-order valence-corrected chi connectivity index (χ2v) is 7.93. The lowest BCUT2D eigenvalue weighted by atomic mass is 10.1. The Balaban J connectivity index is 1.67. The van der Waals surface area contributed by atoms with Gasteiger partial charge in [0.2, 0.25) is 10.0 Å². The molecule has 5 nitrogen and oxygen atoms in total. The van der Waals surface area contributed by atoms with Crippen LogP contribution < -0.4 is 10.0 Å². The van der Waals surface area contributed by atoms with Crippen molar-refractivity contribution in [3.8, 4) is 0 Å². The predicted octanol–water partition coefficient (Wildman–Crippen LogP) is 3.73. The molecule has 1 amide bonds. The molecule has 138 valence electrons. The topological polar surface area (TPSA) is 75.3 Å². The molecule has 0 aliphatic carbocycles. The normalized spacial score (nSPS) is 11.1. The van der Waals surface area contributed by atoms with E-state index in [0.29, 0.717) is 11.3 Å². The van der Waals surface area contributed by atoms with Crippen LogP contribution in [0.1, 0.15) is 21.5 Å². The molecule has 27 heavy (non-hydrogen) atoms. The van der Waals surface area contributed by atoms with Gasteiger partial charge in [-0.15, -0.1) is 0 Å². The molecule has 3 aromatic rings. The van der Waals surface area contributed by atoms with Crippen LogP contribution in [0.15, 0.2) is 83.8 Å². The van der Waals surface area contributed by atoms with Crippen molar-refractivity contribution in [2.45, 2.75) is 18.4 Å². The lowest BCUT2D eigenvalue weighted by molar-refractivity contribution is 0.102. The van der Waals surface area contributed by atoms with E-state index in [2.05, 4.69) is 10.0 Å². The molecule has 0 radical (unpaired) electrons. The van der Waals surface area contributed by atoms with Crippen molar-refractivity contribution in [2.75, 3.05) is 5.32 Å². The minimum atomic E-state index is -3.65. The maximum atomic E-state index is 12.5. The largest absolute Gasteiger partial charge is 0.322 e. The number of carbonyl (C=O) groups is 1. The van der Waals surface area contributed by atoms with Gasteiger partial charge in [-0.25, -0.2) is 13.1 Å². The van der Waals surface area contributed by atoms with Crippen LogP contribution in [0.2, 0.25) is 0 Å². The van der Waals surface area contributed by atoms with E-state index in [1.807, 2.05) is 49.4 Å². The van der Waals surface area contributed by atoms with Crippen LogP contribution in [-0.4, -0.2) is 14.3 Å². The van der Waals surface area contributed by atoms with Crippen LogP contribution in [0.4, 0.5) is 5.69 Å². The van der Waals surface area contributed by atoms with Crippen molar-refractivity contribution in [1.82, 2.24) is 4.72 Å². The van der Waals surface area contributed by atoms with Crippen LogP contribution >= 0.6 is 0 Å². The Morgan fingerprint density at radius 1 is 0.889 bits per heavy atom. The molecule has 0 aromatic heterocycles. The van der Waals surface area contributed by atoms with Crippen molar-refractivity contribution in [3.05, 3.63) is 95.6 Å². The Kier molecular flexibility index (Phi) is 5.69. The Labute approximate surface area is 159 Å². The molecule has 0 fully saturated rings. The average molecular weight is 380 g/mol. The van der Waals surface area contributed by atoms with E-state index < -0.39 is 10.0 Å². The zero-order chi connectivity index (χ0) is 19.3. The number of rotatable bonds is 6. The lowest BCUT2D eigenvalue weighted by Gasteiger charge is -2.09. The zero-order valence-electron chi connectivity index (χ0n) is 14.8. The summed E-state index contributed by atoms with van der Waals surface area (Å²) in [5, 5.41) is 2.76. The fraction of sp³-hybridized carbons (Fsp3) is 0.0952.